The first kappa shape index (κ1) is 18.6. The van der Waals surface area contributed by atoms with Crippen LogP contribution in [0.5, 0.6) is 11.5 Å². The molecule has 134 valence electrons. The average molecular weight is 353 g/mol. The van der Waals surface area contributed by atoms with Crippen molar-refractivity contribution in [1.82, 2.24) is 0 Å². The number of benzene rings is 2. The number of nitrogens with one attached hydrogen (secondary N) is 1. The van der Waals surface area contributed by atoms with Crippen molar-refractivity contribution < 1.29 is 27.4 Å². The zero-order valence-electron chi connectivity index (χ0n) is 13.8. The van der Waals surface area contributed by atoms with Crippen molar-refractivity contribution >= 4 is 11.6 Å². The van der Waals surface area contributed by atoms with Crippen LogP contribution in [-0.4, -0.2) is 18.9 Å². The van der Waals surface area contributed by atoms with Crippen LogP contribution in [0.2, 0.25) is 0 Å². The van der Waals surface area contributed by atoms with Gasteiger partial charge in [-0.2, -0.15) is 0 Å². The second-order valence-electron chi connectivity index (χ2n) is 5.60. The molecule has 2 aromatic rings. The SMILES string of the molecule is CC(C)c1ccccc1OCC(=O)Nc1ccc(OC(F)(F)F)cc1. The lowest BCUT2D eigenvalue weighted by atomic mass is 10.0. The molecule has 0 saturated carbocycles. The van der Waals surface area contributed by atoms with Crippen molar-refractivity contribution in [3.8, 4) is 11.5 Å². The van der Waals surface area contributed by atoms with Crippen LogP contribution in [0.1, 0.15) is 25.3 Å². The van der Waals surface area contributed by atoms with Crippen molar-refractivity contribution in [1.29, 1.82) is 0 Å². The first-order valence-corrected chi connectivity index (χ1v) is 7.62. The van der Waals surface area contributed by atoms with Crippen molar-refractivity contribution in [2.75, 3.05) is 11.9 Å². The van der Waals surface area contributed by atoms with E-state index in [-0.39, 0.29) is 18.3 Å². The van der Waals surface area contributed by atoms with Gasteiger partial charge in [0.15, 0.2) is 6.61 Å². The molecule has 0 aromatic heterocycles. The Hall–Kier alpha value is -2.70. The van der Waals surface area contributed by atoms with E-state index in [1.807, 2.05) is 32.0 Å². The van der Waals surface area contributed by atoms with Crippen molar-refractivity contribution in [2.24, 2.45) is 0 Å². The Morgan fingerprint density at radius 2 is 1.72 bits per heavy atom. The Kier molecular flexibility index (Phi) is 5.90. The maximum atomic E-state index is 12.1. The normalized spacial score (nSPS) is 11.3. The molecule has 0 atom stereocenters. The number of hydrogen-bond acceptors (Lipinski definition) is 3. The number of carbonyl (C=O) groups excluding carboxylic acids is 1. The smallest absolute Gasteiger partial charge is 0.483 e. The van der Waals surface area contributed by atoms with Gasteiger partial charge in [-0.15, -0.1) is 13.2 Å². The summed E-state index contributed by atoms with van der Waals surface area (Å²) in [5.74, 6) is 0.109. The summed E-state index contributed by atoms with van der Waals surface area (Å²) in [6.45, 7) is 3.84. The van der Waals surface area contributed by atoms with E-state index in [1.54, 1.807) is 6.07 Å². The molecule has 4 nitrogen and oxygen atoms in total. The third kappa shape index (κ3) is 6.02. The van der Waals surface area contributed by atoms with Gasteiger partial charge in [0, 0.05) is 5.69 Å². The number of rotatable bonds is 6. The summed E-state index contributed by atoms with van der Waals surface area (Å²) in [6, 6.07) is 12.3. The second kappa shape index (κ2) is 7.92. The van der Waals surface area contributed by atoms with Gasteiger partial charge in [0.25, 0.3) is 5.91 Å². The number of hydrogen-bond donors (Lipinski definition) is 1. The number of anilines is 1. The predicted molar refractivity (Wildman–Crippen MR) is 87.8 cm³/mol. The summed E-state index contributed by atoms with van der Waals surface area (Å²) in [6.07, 6.45) is -4.75. The van der Waals surface area contributed by atoms with E-state index >= 15 is 0 Å². The summed E-state index contributed by atoms with van der Waals surface area (Å²) in [5.41, 5.74) is 1.34. The largest absolute Gasteiger partial charge is 0.573 e. The summed E-state index contributed by atoms with van der Waals surface area (Å²) >= 11 is 0. The highest BCUT2D eigenvalue weighted by molar-refractivity contribution is 5.91. The minimum absolute atomic E-state index is 0.204. The van der Waals surface area contributed by atoms with Gasteiger partial charge < -0.3 is 14.8 Å². The van der Waals surface area contributed by atoms with Gasteiger partial charge in [0.1, 0.15) is 11.5 Å². The lowest BCUT2D eigenvalue weighted by molar-refractivity contribution is -0.274. The fourth-order valence-electron chi connectivity index (χ4n) is 2.17. The van der Waals surface area contributed by atoms with Gasteiger partial charge in [0.05, 0.1) is 0 Å². The van der Waals surface area contributed by atoms with Crippen molar-refractivity contribution in [2.45, 2.75) is 26.1 Å². The Morgan fingerprint density at radius 3 is 2.32 bits per heavy atom. The summed E-state index contributed by atoms with van der Waals surface area (Å²) in [7, 11) is 0. The number of alkyl halides is 3. The molecule has 0 heterocycles. The summed E-state index contributed by atoms with van der Waals surface area (Å²) in [5, 5.41) is 2.55. The van der Waals surface area contributed by atoms with E-state index in [0.29, 0.717) is 11.4 Å². The molecular weight excluding hydrogens is 335 g/mol. The van der Waals surface area contributed by atoms with E-state index in [2.05, 4.69) is 10.1 Å². The molecule has 0 unspecified atom stereocenters. The highest BCUT2D eigenvalue weighted by atomic mass is 19.4. The molecule has 0 fully saturated rings. The fraction of sp³-hybridized carbons (Fsp3) is 0.278. The zero-order valence-corrected chi connectivity index (χ0v) is 13.8. The van der Waals surface area contributed by atoms with Crippen LogP contribution in [-0.2, 0) is 4.79 Å². The Labute approximate surface area is 143 Å². The molecule has 7 heteroatoms. The number of carbonyl (C=O) groups is 1. The second-order valence-corrected chi connectivity index (χ2v) is 5.60. The van der Waals surface area contributed by atoms with Crippen LogP contribution in [0.3, 0.4) is 0 Å². The number of para-hydroxylation sites is 1. The van der Waals surface area contributed by atoms with E-state index in [1.165, 1.54) is 12.1 Å². The lowest BCUT2D eigenvalue weighted by Gasteiger charge is -2.14. The zero-order chi connectivity index (χ0) is 18.4. The quantitative estimate of drug-likeness (QED) is 0.817. The van der Waals surface area contributed by atoms with Crippen LogP contribution in [0.15, 0.2) is 48.5 Å². The van der Waals surface area contributed by atoms with Gasteiger partial charge in [-0.1, -0.05) is 32.0 Å². The van der Waals surface area contributed by atoms with Crippen LogP contribution in [0.25, 0.3) is 0 Å². The first-order valence-electron chi connectivity index (χ1n) is 7.62. The molecule has 0 aliphatic heterocycles. The van der Waals surface area contributed by atoms with Gasteiger partial charge in [-0.05, 0) is 41.8 Å². The number of halogens is 3. The monoisotopic (exact) mass is 353 g/mol. The van der Waals surface area contributed by atoms with Gasteiger partial charge in [-0.25, -0.2) is 0 Å². The van der Waals surface area contributed by atoms with Gasteiger partial charge in [-0.3, -0.25) is 4.79 Å². The Morgan fingerprint density at radius 1 is 1.08 bits per heavy atom. The average Bonchev–Trinajstić information content (AvgIpc) is 2.53. The molecule has 0 saturated heterocycles. The van der Waals surface area contributed by atoms with Crippen molar-refractivity contribution in [3.05, 3.63) is 54.1 Å². The highest BCUT2D eigenvalue weighted by Gasteiger charge is 2.30. The van der Waals surface area contributed by atoms with E-state index in [0.717, 1.165) is 17.7 Å². The van der Waals surface area contributed by atoms with Crippen molar-refractivity contribution in [3.63, 3.8) is 0 Å². The Bertz CT molecular complexity index is 712. The molecule has 0 spiro atoms. The molecule has 25 heavy (non-hydrogen) atoms. The minimum Gasteiger partial charge on any atom is -0.483 e. The van der Waals surface area contributed by atoms with Crippen LogP contribution >= 0.6 is 0 Å². The minimum atomic E-state index is -4.75. The molecule has 2 rings (SSSR count). The van der Waals surface area contributed by atoms with Gasteiger partial charge >= 0.3 is 6.36 Å². The molecule has 1 amide bonds. The molecule has 0 radical (unpaired) electrons. The predicted octanol–water partition coefficient (Wildman–Crippen LogP) is 4.73. The molecule has 0 bridgehead atoms. The third-order valence-electron chi connectivity index (χ3n) is 3.27. The molecule has 0 aliphatic carbocycles. The topological polar surface area (TPSA) is 47.6 Å². The molecule has 0 aliphatic rings. The van der Waals surface area contributed by atoms with Crippen LogP contribution < -0.4 is 14.8 Å². The first-order chi connectivity index (χ1) is 11.7. The number of ether oxygens (including phenoxy) is 2. The maximum absolute atomic E-state index is 12.1. The summed E-state index contributed by atoms with van der Waals surface area (Å²) in [4.78, 5) is 11.9. The molecule has 1 N–H and O–H groups in total. The van der Waals surface area contributed by atoms with E-state index < -0.39 is 12.3 Å². The third-order valence-corrected chi connectivity index (χ3v) is 3.27. The van der Waals surface area contributed by atoms with Crippen LogP contribution in [0, 0.1) is 0 Å². The van der Waals surface area contributed by atoms with Crippen LogP contribution in [0.4, 0.5) is 18.9 Å². The highest BCUT2D eigenvalue weighted by Crippen LogP contribution is 2.26. The molecule has 2 aromatic carbocycles. The summed E-state index contributed by atoms with van der Waals surface area (Å²) < 4.78 is 45.6. The molecular formula is C18H18F3NO3. The van der Waals surface area contributed by atoms with Gasteiger partial charge in [0.2, 0.25) is 0 Å². The maximum Gasteiger partial charge on any atom is 0.573 e. The fourth-order valence-corrected chi connectivity index (χ4v) is 2.17. The standard InChI is InChI=1S/C18H18F3NO3/c1-12(2)15-5-3-4-6-16(15)24-11-17(23)22-13-7-9-14(10-8-13)25-18(19,20)21/h3-10,12H,11H2,1-2H3,(H,22,23). The van der Waals surface area contributed by atoms with E-state index in [9.17, 15) is 18.0 Å². The Balaban J connectivity index is 1.90. The number of amides is 1. The van der Waals surface area contributed by atoms with E-state index in [4.69, 9.17) is 4.74 Å². The lowest BCUT2D eigenvalue weighted by Crippen LogP contribution is -2.20.